The molecule has 2 aliphatic rings. The molecule has 0 unspecified atom stereocenters. The maximum Gasteiger partial charge on any atom is 0.308 e. The lowest BCUT2D eigenvalue weighted by Crippen LogP contribution is -2.64. The SMILES string of the molecule is CCCCCCCCCCCCC[C@H](CC(=O)N[C@@H](C(=O)N[C@H](C)C(=O)N[C@@H](Cc1ccc(O)c(NC(=O)CCN)c1)C(=O)N[C@H](C(=O)N1C[C@H](O)C[C@H]1C(=O)N[C@@H](C(=O)N[C@H](C(=O)N1CC[C@H](O)[C@H]1C(=O)N[C@H](C(=O)NCC(=O)N[C@@H](C(N)=O)[C@@H](C)O)[C@H](O)CC(N)=O)[C@@H](C)O)[C@@H](C)O)C(C)C)[C@@H](C)O)OC(=O)[C@@H](C)CCCNC(C)=O.Cl. The Morgan fingerprint density at radius 2 is 1.11 bits per heavy atom. The fourth-order valence-electron chi connectivity index (χ4n) is 13.3. The highest BCUT2D eigenvalue weighted by Crippen LogP contribution is 2.28. The zero-order valence-electron chi connectivity index (χ0n) is 69.5. The van der Waals surface area contributed by atoms with Crippen LogP contribution in [0.25, 0.3) is 0 Å². The van der Waals surface area contributed by atoms with E-state index in [4.69, 9.17) is 21.9 Å². The largest absolute Gasteiger partial charge is 0.506 e. The minimum atomic E-state index is -2.15. The summed E-state index contributed by atoms with van der Waals surface area (Å²) in [4.78, 5) is 218. The number of β-amino-alcohol motifs (C(OH)–C–C–N with tert-alkyl or cyclic N) is 1. The van der Waals surface area contributed by atoms with Gasteiger partial charge in [-0.15, -0.1) is 12.4 Å². The zero-order chi connectivity index (χ0) is 89.0. The van der Waals surface area contributed by atoms with Crippen LogP contribution in [0.2, 0.25) is 0 Å². The van der Waals surface area contributed by atoms with E-state index in [9.17, 15) is 118 Å². The Labute approximate surface area is 698 Å². The van der Waals surface area contributed by atoms with E-state index in [2.05, 4.69) is 65.4 Å². The molecule has 119 heavy (non-hydrogen) atoms. The van der Waals surface area contributed by atoms with Crippen LogP contribution < -0.4 is 75.7 Å². The third-order valence-corrected chi connectivity index (χ3v) is 20.1. The van der Waals surface area contributed by atoms with Gasteiger partial charge >= 0.3 is 5.97 Å². The molecular weight excluding hydrogens is 1580 g/mol. The number of nitrogens with two attached hydrogens (primary N) is 3. The van der Waals surface area contributed by atoms with Gasteiger partial charge in [0.25, 0.3) is 0 Å². The van der Waals surface area contributed by atoms with Crippen molar-refractivity contribution in [3.8, 4) is 5.75 Å². The molecule has 42 heteroatoms. The van der Waals surface area contributed by atoms with Gasteiger partial charge < -0.3 is 131 Å². The number of aliphatic hydroxyl groups is 7. The average molecular weight is 1710 g/mol. The first-order chi connectivity index (χ1) is 55.4. The third-order valence-electron chi connectivity index (χ3n) is 20.1. The van der Waals surface area contributed by atoms with Gasteiger partial charge in [-0.1, -0.05) is 98.0 Å². The van der Waals surface area contributed by atoms with Gasteiger partial charge in [-0.05, 0) is 90.3 Å². The maximum absolute atomic E-state index is 14.9. The molecule has 0 spiro atoms. The Hall–Kier alpha value is -9.49. The summed E-state index contributed by atoms with van der Waals surface area (Å²) in [5, 5.41) is 113. The number of phenolic OH excluding ortho intramolecular Hbond substituents is 1. The number of rotatable bonds is 53. The van der Waals surface area contributed by atoms with Gasteiger partial charge in [-0.3, -0.25) is 76.7 Å². The first-order valence-corrected chi connectivity index (χ1v) is 40.3. The summed E-state index contributed by atoms with van der Waals surface area (Å²) in [5.74, 6) is -18.2. The van der Waals surface area contributed by atoms with Crippen molar-refractivity contribution in [2.75, 3.05) is 38.0 Å². The number of unbranched alkanes of at least 4 members (excludes halogenated alkanes) is 10. The second kappa shape index (κ2) is 53.2. The Morgan fingerprint density at radius 3 is 1.66 bits per heavy atom. The quantitative estimate of drug-likeness (QED) is 0.0165. The Kier molecular flexibility index (Phi) is 47.2. The van der Waals surface area contributed by atoms with E-state index in [0.717, 1.165) is 64.2 Å². The first kappa shape index (κ1) is 106. The summed E-state index contributed by atoms with van der Waals surface area (Å²) in [5.41, 5.74) is 16.1. The number of nitrogens with zero attached hydrogens (tertiary/aromatic N) is 2. The topological polar surface area (TPSA) is 661 Å². The van der Waals surface area contributed by atoms with Crippen molar-refractivity contribution in [1.82, 2.24) is 63.0 Å². The molecule has 0 saturated carbocycles. The summed E-state index contributed by atoms with van der Waals surface area (Å²) in [6.07, 6.45) is -3.29. The third kappa shape index (κ3) is 36.2. The molecule has 19 atom stereocenters. The molecule has 3 rings (SSSR count). The molecule has 25 N–H and O–H groups in total. The van der Waals surface area contributed by atoms with Crippen LogP contribution in [-0.4, -0.2) is 287 Å². The number of halogens is 1. The van der Waals surface area contributed by atoms with Crippen LogP contribution in [0, 0.1) is 11.8 Å². The number of phenols is 1. The fraction of sp³-hybridized carbons (Fsp3) is 0.714. The monoisotopic (exact) mass is 1710 g/mol. The molecule has 1 aromatic carbocycles. The van der Waals surface area contributed by atoms with Gasteiger partial charge in [-0.25, -0.2) is 0 Å². The zero-order valence-corrected chi connectivity index (χ0v) is 70.3. The van der Waals surface area contributed by atoms with E-state index < -0.39 is 261 Å². The second-order valence-corrected chi connectivity index (χ2v) is 30.9. The van der Waals surface area contributed by atoms with Gasteiger partial charge in [-0.2, -0.15) is 0 Å². The predicted octanol–water partition coefficient (Wildman–Crippen LogP) is -4.96. The standard InChI is InChI=1S/C77H128N16O25.ClH/c1-11-12-13-14-15-16-17-18-19-20-21-24-49(118-77(117)40(4)23-22-30-81-46(10)98)35-58(105)86-62(43(7)95)72(112)83-41(5)68(108)85-51(33-47-25-26-53(100)50(32-47)84-57(104)27-29-78)69(109)88-60(39(2)3)75(115)93-38-48(99)34-52(93)70(110)89-63(44(8)96)73(113)90-64(45(9)97)76(116)92-31-28-54(101)66(92)74(114)91-65(55(102)36-56(79)103)71(111)82-37-59(106)87-61(42(6)94)67(80)107;/h25-26,32,39-45,48-49,51-52,54-55,60-66,94-97,99-102H,11-24,27-31,33-38,78H2,1-10H3,(H2,79,103)(H2,80,107)(H,81,98)(H,82,111)(H,83,112)(H,84,104)(H,85,108)(H,86,105)(H,87,106)(H,88,109)(H,89,110)(H,90,113)(H,91,114);1H/t40-,41+,42+,43+,44+,45+,48+,49+,51-,52-,54-,55+,60-,61+,62+,63+,64-,65-,66-;/m0./s1. The lowest BCUT2D eigenvalue weighted by Gasteiger charge is -2.34. The predicted molar refractivity (Wildman–Crippen MR) is 431 cm³/mol. The van der Waals surface area contributed by atoms with E-state index in [1.165, 1.54) is 78.5 Å². The highest BCUT2D eigenvalue weighted by molar-refractivity contribution is 6.00. The van der Waals surface area contributed by atoms with Crippen molar-refractivity contribution in [1.29, 1.82) is 0 Å². The van der Waals surface area contributed by atoms with Gasteiger partial charge in [0.15, 0.2) is 0 Å². The molecule has 0 bridgehead atoms. The summed E-state index contributed by atoms with van der Waals surface area (Å²) in [7, 11) is 0. The minimum absolute atomic E-state index is 0. The number of aliphatic hydroxyl groups excluding tert-OH is 7. The van der Waals surface area contributed by atoms with Crippen LogP contribution in [0.5, 0.6) is 5.75 Å². The number of aromatic hydroxyl groups is 1. The van der Waals surface area contributed by atoms with Crippen molar-refractivity contribution < 1.29 is 122 Å². The van der Waals surface area contributed by atoms with E-state index in [1.54, 1.807) is 6.92 Å². The molecule has 0 radical (unpaired) electrons. The van der Waals surface area contributed by atoms with Crippen molar-refractivity contribution in [3.05, 3.63) is 23.8 Å². The van der Waals surface area contributed by atoms with Crippen molar-refractivity contribution in [2.45, 2.75) is 307 Å². The van der Waals surface area contributed by atoms with E-state index in [-0.39, 0.29) is 49.0 Å². The van der Waals surface area contributed by atoms with Crippen LogP contribution >= 0.6 is 12.4 Å². The molecule has 41 nitrogen and oxygen atoms in total. The lowest BCUT2D eigenvalue weighted by atomic mass is 9.99. The Bertz CT molecular complexity index is 3560. The molecule has 15 amide bonds. The summed E-state index contributed by atoms with van der Waals surface area (Å²) in [6.45, 7) is 12.1. The second-order valence-electron chi connectivity index (χ2n) is 30.9. The van der Waals surface area contributed by atoms with Crippen molar-refractivity contribution >= 4 is 113 Å². The minimum Gasteiger partial charge on any atom is -0.506 e. The van der Waals surface area contributed by atoms with Gasteiger partial charge in [0.2, 0.25) is 88.6 Å². The molecule has 2 saturated heterocycles. The van der Waals surface area contributed by atoms with Crippen LogP contribution in [0.1, 0.15) is 197 Å². The number of benzene rings is 1. The number of anilines is 1. The molecular formula is C77H129ClN16O25. The number of amides is 15. The van der Waals surface area contributed by atoms with E-state index >= 15 is 0 Å². The normalized spacial score (nSPS) is 18.8. The number of carbonyl (C=O) groups excluding carboxylic acids is 16. The summed E-state index contributed by atoms with van der Waals surface area (Å²) < 4.78 is 5.89. The van der Waals surface area contributed by atoms with Gasteiger partial charge in [0.05, 0.1) is 73.7 Å². The van der Waals surface area contributed by atoms with Crippen molar-refractivity contribution in [3.63, 3.8) is 0 Å². The number of hydrogen-bond donors (Lipinski definition) is 22. The Balaban J connectivity index is 0.0000480. The van der Waals surface area contributed by atoms with E-state index in [1.807, 2.05) is 0 Å². The van der Waals surface area contributed by atoms with Crippen molar-refractivity contribution in [2.24, 2.45) is 29.0 Å². The fourth-order valence-corrected chi connectivity index (χ4v) is 13.3. The number of ether oxygens (including phenoxy) is 1. The molecule has 2 heterocycles. The number of likely N-dealkylation sites (tertiary alicyclic amines) is 2. The van der Waals surface area contributed by atoms with Crippen LogP contribution in [0.15, 0.2) is 18.2 Å². The average Bonchev–Trinajstić information content (AvgIpc) is 1.65. The number of nitrogens with one attached hydrogen (secondary N) is 11. The highest BCUT2D eigenvalue weighted by atomic mass is 35.5. The number of primary amides is 2. The summed E-state index contributed by atoms with van der Waals surface area (Å²) in [6, 6.07) is -14.3. The number of hydrogen-bond acceptors (Lipinski definition) is 26. The molecule has 674 valence electrons. The number of carbonyl (C=O) groups is 16. The van der Waals surface area contributed by atoms with Crippen LogP contribution in [0.3, 0.4) is 0 Å². The van der Waals surface area contributed by atoms with E-state index in [0.29, 0.717) is 37.1 Å². The van der Waals surface area contributed by atoms with Gasteiger partial charge in [0.1, 0.15) is 72.3 Å². The van der Waals surface area contributed by atoms with Crippen LogP contribution in [0.4, 0.5) is 5.69 Å². The molecule has 0 aromatic heterocycles. The number of esters is 1. The smallest absolute Gasteiger partial charge is 0.308 e. The molecule has 2 aliphatic heterocycles. The van der Waals surface area contributed by atoms with Gasteiger partial charge in [0, 0.05) is 52.4 Å². The maximum atomic E-state index is 14.9. The highest BCUT2D eigenvalue weighted by Gasteiger charge is 2.48. The lowest BCUT2D eigenvalue weighted by molar-refractivity contribution is -0.155. The molecule has 1 aromatic rings. The van der Waals surface area contributed by atoms with Crippen LogP contribution in [-0.2, 0) is 87.9 Å². The summed E-state index contributed by atoms with van der Waals surface area (Å²) >= 11 is 0. The molecule has 2 fully saturated rings. The first-order valence-electron chi connectivity index (χ1n) is 40.3. The Morgan fingerprint density at radius 1 is 0.563 bits per heavy atom. The molecule has 0 aliphatic carbocycles.